The molecule has 9 aromatic rings. The molecule has 0 unspecified atom stereocenters. The minimum absolute atomic E-state index is 0.925. The molecule has 9 rings (SSSR count). The molecule has 0 radical (unpaired) electrons. The number of pyridine rings is 2. The fourth-order valence-electron chi connectivity index (χ4n) is 6.66. The summed E-state index contributed by atoms with van der Waals surface area (Å²) in [6, 6.07) is 49.9. The lowest BCUT2D eigenvalue weighted by Crippen LogP contribution is -1.96. The number of hydrogen-bond donors (Lipinski definition) is 0. The van der Waals surface area contributed by atoms with E-state index in [2.05, 4.69) is 134 Å². The first-order valence-corrected chi connectivity index (χ1v) is 14.8. The molecule has 44 heavy (non-hydrogen) atoms. The Bertz CT molecular complexity index is 2470. The Hall–Kier alpha value is -6.00. The Kier molecular flexibility index (Phi) is 5.47. The van der Waals surface area contributed by atoms with Crippen molar-refractivity contribution >= 4 is 43.6 Å². The molecule has 0 aliphatic heterocycles. The van der Waals surface area contributed by atoms with Crippen LogP contribution in [-0.4, -0.2) is 19.1 Å². The number of para-hydroxylation sites is 2. The predicted octanol–water partition coefficient (Wildman–Crippen LogP) is 10.0. The monoisotopic (exact) mass is 562 g/mol. The zero-order valence-corrected chi connectivity index (χ0v) is 23.8. The summed E-state index contributed by atoms with van der Waals surface area (Å²) < 4.78 is 4.62. The van der Waals surface area contributed by atoms with Crippen LogP contribution in [0.3, 0.4) is 0 Å². The molecule has 4 heteroatoms. The topological polar surface area (TPSA) is 35.6 Å². The van der Waals surface area contributed by atoms with E-state index in [9.17, 15) is 0 Å². The minimum Gasteiger partial charge on any atom is -0.309 e. The van der Waals surface area contributed by atoms with E-state index in [1.165, 1.54) is 54.8 Å². The van der Waals surface area contributed by atoms with Gasteiger partial charge in [0.25, 0.3) is 0 Å². The molecule has 4 heterocycles. The van der Waals surface area contributed by atoms with Gasteiger partial charge >= 0.3 is 0 Å². The van der Waals surface area contributed by atoms with Crippen LogP contribution in [0.25, 0.3) is 77.4 Å². The van der Waals surface area contributed by atoms with Gasteiger partial charge in [0.15, 0.2) is 0 Å². The highest BCUT2D eigenvalue weighted by molar-refractivity contribution is 6.12. The van der Waals surface area contributed by atoms with E-state index in [0.717, 1.165) is 22.5 Å². The van der Waals surface area contributed by atoms with Gasteiger partial charge in [-0.2, -0.15) is 0 Å². The molecule has 0 amide bonds. The van der Waals surface area contributed by atoms with Gasteiger partial charge < -0.3 is 4.57 Å². The van der Waals surface area contributed by atoms with E-state index < -0.39 is 0 Å². The van der Waals surface area contributed by atoms with Gasteiger partial charge in [-0.1, -0.05) is 66.7 Å². The molecular formula is C40H26N4. The summed E-state index contributed by atoms with van der Waals surface area (Å²) in [6.45, 7) is 0. The largest absolute Gasteiger partial charge is 0.309 e. The Morgan fingerprint density at radius 1 is 0.364 bits per heavy atom. The number of rotatable bonds is 4. The number of hydrogen-bond acceptors (Lipinski definition) is 2. The molecule has 0 N–H and O–H groups in total. The van der Waals surface area contributed by atoms with E-state index in [0.29, 0.717) is 0 Å². The summed E-state index contributed by atoms with van der Waals surface area (Å²) in [5.74, 6) is 0.925. The van der Waals surface area contributed by atoms with Gasteiger partial charge in [0.05, 0.1) is 22.1 Å². The maximum absolute atomic E-state index is 4.67. The van der Waals surface area contributed by atoms with Crippen molar-refractivity contribution in [1.82, 2.24) is 19.1 Å². The number of aromatic nitrogens is 4. The summed E-state index contributed by atoms with van der Waals surface area (Å²) in [5, 5.41) is 4.94. The maximum atomic E-state index is 4.67. The van der Waals surface area contributed by atoms with Gasteiger partial charge in [0.1, 0.15) is 5.82 Å². The van der Waals surface area contributed by atoms with Gasteiger partial charge in [0, 0.05) is 45.8 Å². The predicted molar refractivity (Wildman–Crippen MR) is 182 cm³/mol. The SMILES string of the molecule is c1ccc(-n2c3ccccc3c3cc(-c4ccc5c(c4)c4ccccc4n5-c4ccc(-c5ccncc5)cc4)ccc32)nc1. The minimum atomic E-state index is 0.925. The van der Waals surface area contributed by atoms with E-state index in [4.69, 9.17) is 0 Å². The van der Waals surface area contributed by atoms with Gasteiger partial charge in [-0.15, -0.1) is 0 Å². The van der Waals surface area contributed by atoms with Crippen molar-refractivity contribution < 1.29 is 0 Å². The molecule has 0 fully saturated rings. The highest BCUT2D eigenvalue weighted by Crippen LogP contribution is 2.38. The summed E-state index contributed by atoms with van der Waals surface area (Å²) >= 11 is 0. The lowest BCUT2D eigenvalue weighted by Gasteiger charge is -2.10. The van der Waals surface area contributed by atoms with Crippen LogP contribution in [0.1, 0.15) is 0 Å². The van der Waals surface area contributed by atoms with E-state index in [1.54, 1.807) is 0 Å². The van der Waals surface area contributed by atoms with Crippen molar-refractivity contribution in [2.24, 2.45) is 0 Å². The summed E-state index contributed by atoms with van der Waals surface area (Å²) in [7, 11) is 0. The van der Waals surface area contributed by atoms with E-state index in [-0.39, 0.29) is 0 Å². The third-order valence-corrected chi connectivity index (χ3v) is 8.70. The number of fused-ring (bicyclic) bond motifs is 6. The highest BCUT2D eigenvalue weighted by atomic mass is 15.1. The van der Waals surface area contributed by atoms with Crippen molar-refractivity contribution in [2.75, 3.05) is 0 Å². The van der Waals surface area contributed by atoms with Crippen molar-refractivity contribution in [2.45, 2.75) is 0 Å². The molecule has 0 aliphatic rings. The lowest BCUT2D eigenvalue weighted by molar-refractivity contribution is 1.08. The first kappa shape index (κ1) is 24.6. The van der Waals surface area contributed by atoms with Crippen LogP contribution in [0.5, 0.6) is 0 Å². The van der Waals surface area contributed by atoms with Crippen LogP contribution in [-0.2, 0) is 0 Å². The quantitative estimate of drug-likeness (QED) is 0.214. The molecular weight excluding hydrogens is 536 g/mol. The van der Waals surface area contributed by atoms with Crippen molar-refractivity contribution in [3.05, 3.63) is 158 Å². The normalized spacial score (nSPS) is 11.6. The summed E-state index contributed by atoms with van der Waals surface area (Å²) in [6.07, 6.45) is 5.53. The van der Waals surface area contributed by atoms with Crippen molar-refractivity contribution in [3.8, 4) is 33.8 Å². The van der Waals surface area contributed by atoms with E-state index >= 15 is 0 Å². The van der Waals surface area contributed by atoms with Crippen LogP contribution >= 0.6 is 0 Å². The Balaban J connectivity index is 1.20. The fourth-order valence-corrected chi connectivity index (χ4v) is 6.66. The molecule has 0 bridgehead atoms. The molecule has 0 saturated heterocycles. The van der Waals surface area contributed by atoms with Crippen LogP contribution in [0, 0.1) is 0 Å². The average molecular weight is 563 g/mol. The number of nitrogens with zero attached hydrogens (tertiary/aromatic N) is 4. The third-order valence-electron chi connectivity index (χ3n) is 8.70. The fraction of sp³-hybridized carbons (Fsp3) is 0. The summed E-state index contributed by atoms with van der Waals surface area (Å²) in [4.78, 5) is 8.83. The standard InChI is InChI=1S/C40H26N4/c1-3-9-36-32(7-1)34-25-29(14-18-38(34)43(36)31-16-12-27(13-17-31)28-20-23-41-24-21-28)30-15-19-39-35(26-30)33-8-2-4-10-37(33)44(39)40-11-5-6-22-42-40/h1-26H. The zero-order valence-electron chi connectivity index (χ0n) is 23.8. The first-order valence-electron chi connectivity index (χ1n) is 14.8. The molecule has 4 aromatic heterocycles. The molecule has 206 valence electrons. The third kappa shape index (κ3) is 3.78. The average Bonchev–Trinajstić information content (AvgIpc) is 3.61. The molecule has 0 saturated carbocycles. The molecule has 4 nitrogen and oxygen atoms in total. The van der Waals surface area contributed by atoms with Gasteiger partial charge in [-0.05, 0) is 95.1 Å². The highest BCUT2D eigenvalue weighted by Gasteiger charge is 2.16. The zero-order chi connectivity index (χ0) is 29.0. The van der Waals surface area contributed by atoms with Gasteiger partial charge in [-0.25, -0.2) is 4.98 Å². The smallest absolute Gasteiger partial charge is 0.137 e. The Morgan fingerprint density at radius 2 is 0.886 bits per heavy atom. The van der Waals surface area contributed by atoms with Crippen LogP contribution in [0.15, 0.2) is 158 Å². The first-order chi connectivity index (χ1) is 21.8. The molecule has 0 aliphatic carbocycles. The molecule has 5 aromatic carbocycles. The Labute approximate surface area is 254 Å². The van der Waals surface area contributed by atoms with Crippen LogP contribution in [0.2, 0.25) is 0 Å². The van der Waals surface area contributed by atoms with Crippen LogP contribution < -0.4 is 0 Å². The van der Waals surface area contributed by atoms with E-state index in [1.807, 2.05) is 42.9 Å². The van der Waals surface area contributed by atoms with Gasteiger partial charge in [0.2, 0.25) is 0 Å². The summed E-state index contributed by atoms with van der Waals surface area (Å²) in [5.41, 5.74) is 10.6. The van der Waals surface area contributed by atoms with Gasteiger partial charge in [-0.3, -0.25) is 9.55 Å². The number of benzene rings is 5. The van der Waals surface area contributed by atoms with Crippen molar-refractivity contribution in [1.29, 1.82) is 0 Å². The molecule has 0 atom stereocenters. The second-order valence-electron chi connectivity index (χ2n) is 11.1. The second kappa shape index (κ2) is 9.79. The molecule has 0 spiro atoms. The Morgan fingerprint density at radius 3 is 1.52 bits per heavy atom. The maximum Gasteiger partial charge on any atom is 0.137 e. The van der Waals surface area contributed by atoms with Crippen molar-refractivity contribution in [3.63, 3.8) is 0 Å². The van der Waals surface area contributed by atoms with Crippen LogP contribution in [0.4, 0.5) is 0 Å². The lowest BCUT2D eigenvalue weighted by atomic mass is 10.0. The second-order valence-corrected chi connectivity index (χ2v) is 11.1.